The Bertz CT molecular complexity index is 1450. The van der Waals surface area contributed by atoms with Gasteiger partial charge in [0.15, 0.2) is 5.82 Å². The van der Waals surface area contributed by atoms with E-state index in [1.54, 1.807) is 12.1 Å². The molecule has 0 spiro atoms. The Morgan fingerprint density at radius 1 is 1.29 bits per heavy atom. The van der Waals surface area contributed by atoms with E-state index in [-0.39, 0.29) is 27.3 Å². The highest BCUT2D eigenvalue weighted by Crippen LogP contribution is 2.36. The van der Waals surface area contributed by atoms with Crippen LogP contribution >= 0.6 is 38.9 Å². The Morgan fingerprint density at radius 2 is 2.04 bits per heavy atom. The van der Waals surface area contributed by atoms with E-state index >= 15 is 4.39 Å². The van der Waals surface area contributed by atoms with Gasteiger partial charge in [0.25, 0.3) is 0 Å². The summed E-state index contributed by atoms with van der Waals surface area (Å²) in [6, 6.07) is 6.23. The van der Waals surface area contributed by atoms with Gasteiger partial charge in [-0.3, -0.25) is 4.57 Å². The highest BCUT2D eigenvalue weighted by Gasteiger charge is 2.40. The summed E-state index contributed by atoms with van der Waals surface area (Å²) < 4.78 is 44.2. The van der Waals surface area contributed by atoms with Crippen LogP contribution < -0.4 is 5.69 Å². The minimum absolute atomic E-state index is 0.00913. The second-order valence-corrected chi connectivity index (χ2v) is 10.8. The van der Waals surface area contributed by atoms with Crippen molar-refractivity contribution >= 4 is 70.1 Å². The van der Waals surface area contributed by atoms with Gasteiger partial charge in [-0.2, -0.15) is 3.97 Å². The van der Waals surface area contributed by atoms with Crippen LogP contribution in [0.15, 0.2) is 39.0 Å². The second kappa shape index (κ2) is 6.12. The monoisotopic (exact) mass is 501 g/mol. The van der Waals surface area contributed by atoms with Crippen LogP contribution in [-0.2, 0) is 10.0 Å². The molecule has 144 valence electrons. The Morgan fingerprint density at radius 3 is 2.71 bits per heavy atom. The molecule has 0 amide bonds. The number of hydrogen-bond donors (Lipinski definition) is 0. The van der Waals surface area contributed by atoms with E-state index in [9.17, 15) is 13.2 Å². The smallest absolute Gasteiger partial charge is 0.255 e. The van der Waals surface area contributed by atoms with Crippen LogP contribution in [0.4, 0.5) is 4.39 Å². The average molecular weight is 503 g/mol. The van der Waals surface area contributed by atoms with Gasteiger partial charge in [0.2, 0.25) is 10.0 Å². The van der Waals surface area contributed by atoms with Gasteiger partial charge in [0, 0.05) is 4.47 Å². The summed E-state index contributed by atoms with van der Waals surface area (Å²) in [6.45, 7) is 0. The molecule has 5 rings (SSSR count). The van der Waals surface area contributed by atoms with Gasteiger partial charge >= 0.3 is 5.69 Å². The topological polar surface area (TPSA) is 74.0 Å². The first-order valence-corrected chi connectivity index (χ1v) is 11.7. The van der Waals surface area contributed by atoms with Crippen LogP contribution in [0.1, 0.15) is 12.8 Å². The Kier molecular flexibility index (Phi) is 4.00. The summed E-state index contributed by atoms with van der Waals surface area (Å²) in [6.07, 6.45) is 0.956. The standard InChI is InChI=1S/C17H10BrClFN3O3S2/c18-8-1-4-11(10(19)5-8)22-16-12(6-13-15(14(16)20)21-7-27-13)23(17(22)24)28(25,26)9-2-3-9/h1,4-7,9H,2-3H2. The summed E-state index contributed by atoms with van der Waals surface area (Å²) in [4.78, 5) is 17.3. The van der Waals surface area contributed by atoms with Crippen molar-refractivity contribution in [1.29, 1.82) is 0 Å². The molecule has 0 saturated heterocycles. The minimum atomic E-state index is -3.95. The minimum Gasteiger partial charge on any atom is -0.255 e. The lowest BCUT2D eigenvalue weighted by Crippen LogP contribution is -2.31. The van der Waals surface area contributed by atoms with Crippen LogP contribution in [0.5, 0.6) is 0 Å². The van der Waals surface area contributed by atoms with Crippen molar-refractivity contribution in [2.24, 2.45) is 0 Å². The fraction of sp³-hybridized carbons (Fsp3) is 0.176. The Labute approximate surface area is 175 Å². The molecule has 1 aliphatic carbocycles. The molecule has 0 atom stereocenters. The number of benzene rings is 2. The van der Waals surface area contributed by atoms with Gasteiger partial charge in [-0.1, -0.05) is 27.5 Å². The van der Waals surface area contributed by atoms with Crippen LogP contribution in [0, 0.1) is 5.82 Å². The van der Waals surface area contributed by atoms with Gasteiger partial charge in [-0.05, 0) is 37.1 Å². The molecule has 0 unspecified atom stereocenters. The maximum atomic E-state index is 15.4. The second-order valence-electron chi connectivity index (χ2n) is 6.48. The van der Waals surface area contributed by atoms with E-state index in [1.165, 1.54) is 29.0 Å². The molecule has 1 fully saturated rings. The molecule has 2 heterocycles. The van der Waals surface area contributed by atoms with Crippen molar-refractivity contribution in [3.05, 3.63) is 55.6 Å². The van der Waals surface area contributed by atoms with Crippen LogP contribution in [-0.4, -0.2) is 27.2 Å². The van der Waals surface area contributed by atoms with Crippen molar-refractivity contribution in [2.75, 3.05) is 0 Å². The zero-order valence-electron chi connectivity index (χ0n) is 13.9. The Balaban J connectivity index is 2.00. The fourth-order valence-corrected chi connectivity index (χ4v) is 6.45. The van der Waals surface area contributed by atoms with Gasteiger partial charge in [-0.25, -0.2) is 22.6 Å². The molecule has 0 aliphatic heterocycles. The fourth-order valence-electron chi connectivity index (χ4n) is 3.24. The highest BCUT2D eigenvalue weighted by atomic mass is 79.9. The molecule has 11 heteroatoms. The number of aromatic nitrogens is 3. The summed E-state index contributed by atoms with van der Waals surface area (Å²) in [5.41, 5.74) is 0.713. The molecule has 0 N–H and O–H groups in total. The molecule has 0 bridgehead atoms. The number of hydrogen-bond acceptors (Lipinski definition) is 5. The van der Waals surface area contributed by atoms with Crippen molar-refractivity contribution in [3.63, 3.8) is 0 Å². The summed E-state index contributed by atoms with van der Waals surface area (Å²) in [5, 5.41) is -0.457. The molecule has 6 nitrogen and oxygen atoms in total. The van der Waals surface area contributed by atoms with Crippen molar-refractivity contribution < 1.29 is 12.8 Å². The molecule has 28 heavy (non-hydrogen) atoms. The zero-order chi connectivity index (χ0) is 19.8. The number of rotatable bonds is 3. The largest absolute Gasteiger partial charge is 0.347 e. The molecular weight excluding hydrogens is 493 g/mol. The first-order chi connectivity index (χ1) is 13.3. The third-order valence-electron chi connectivity index (χ3n) is 4.68. The quantitative estimate of drug-likeness (QED) is 0.419. The van der Waals surface area contributed by atoms with E-state index in [1.807, 2.05) is 0 Å². The molecule has 0 radical (unpaired) electrons. The molecular formula is C17H10BrClFN3O3S2. The number of nitrogens with zero attached hydrogens (tertiary/aromatic N) is 3. The van der Waals surface area contributed by atoms with Crippen molar-refractivity contribution in [3.8, 4) is 5.69 Å². The molecule has 2 aromatic carbocycles. The number of fused-ring (bicyclic) bond motifs is 2. The van der Waals surface area contributed by atoms with Gasteiger partial charge < -0.3 is 0 Å². The summed E-state index contributed by atoms with van der Waals surface area (Å²) >= 11 is 10.8. The Hall–Kier alpha value is -1.75. The first-order valence-electron chi connectivity index (χ1n) is 8.19. The number of thiazole rings is 1. The normalized spacial score (nSPS) is 15.0. The average Bonchev–Trinajstić information content (AvgIpc) is 3.32. The maximum absolute atomic E-state index is 15.4. The van der Waals surface area contributed by atoms with Crippen LogP contribution in [0.3, 0.4) is 0 Å². The van der Waals surface area contributed by atoms with E-state index in [4.69, 9.17) is 11.6 Å². The van der Waals surface area contributed by atoms with E-state index in [0.717, 1.165) is 4.57 Å². The summed E-state index contributed by atoms with van der Waals surface area (Å²) in [7, 11) is -3.95. The third kappa shape index (κ3) is 2.51. The molecule has 2 aromatic heterocycles. The van der Waals surface area contributed by atoms with Gasteiger partial charge in [-0.15, -0.1) is 11.3 Å². The predicted molar refractivity (Wildman–Crippen MR) is 111 cm³/mol. The summed E-state index contributed by atoms with van der Waals surface area (Å²) in [5.74, 6) is -0.755. The van der Waals surface area contributed by atoms with Crippen molar-refractivity contribution in [1.82, 2.24) is 13.5 Å². The van der Waals surface area contributed by atoms with E-state index in [0.29, 0.717) is 26.0 Å². The lowest BCUT2D eigenvalue weighted by Gasteiger charge is -2.07. The number of halogens is 3. The lowest BCUT2D eigenvalue weighted by molar-refractivity contribution is 0.585. The first kappa shape index (κ1) is 18.3. The highest BCUT2D eigenvalue weighted by molar-refractivity contribution is 9.10. The third-order valence-corrected chi connectivity index (χ3v) is 8.43. The van der Waals surface area contributed by atoms with Crippen LogP contribution in [0.25, 0.3) is 26.9 Å². The maximum Gasteiger partial charge on any atom is 0.347 e. The van der Waals surface area contributed by atoms with Crippen molar-refractivity contribution in [2.45, 2.75) is 18.1 Å². The predicted octanol–water partition coefficient (Wildman–Crippen LogP) is 4.30. The van der Waals surface area contributed by atoms with Gasteiger partial charge in [0.1, 0.15) is 11.0 Å². The van der Waals surface area contributed by atoms with E-state index in [2.05, 4.69) is 20.9 Å². The zero-order valence-corrected chi connectivity index (χ0v) is 17.9. The number of imidazole rings is 1. The molecule has 4 aromatic rings. The van der Waals surface area contributed by atoms with Gasteiger partial charge in [0.05, 0.1) is 31.7 Å². The molecule has 1 aliphatic rings. The SMILES string of the molecule is O=c1n(-c2ccc(Br)cc2Cl)c2c(F)c3ncsc3cc2n1S(=O)(=O)C1CC1. The molecule has 1 saturated carbocycles. The lowest BCUT2D eigenvalue weighted by atomic mass is 10.2. The van der Waals surface area contributed by atoms with E-state index < -0.39 is 26.8 Å². The van der Waals surface area contributed by atoms with Crippen LogP contribution in [0.2, 0.25) is 5.02 Å².